The molecule has 2 aliphatic rings. The lowest BCUT2D eigenvalue weighted by Gasteiger charge is -2.40. The van der Waals surface area contributed by atoms with E-state index in [1.807, 2.05) is 0 Å². The summed E-state index contributed by atoms with van der Waals surface area (Å²) < 4.78 is 5.61. The largest absolute Gasteiger partial charge is 0.381 e. The SMILES string of the molecule is CC1CC(C)CC(C(NN)C2CCCOC2)C1. The molecule has 0 bridgehead atoms. The van der Waals surface area contributed by atoms with E-state index in [0.717, 1.165) is 31.0 Å². The quantitative estimate of drug-likeness (QED) is 0.588. The van der Waals surface area contributed by atoms with Gasteiger partial charge in [0.05, 0.1) is 6.61 Å². The zero-order valence-electron chi connectivity index (χ0n) is 11.3. The third kappa shape index (κ3) is 3.43. The van der Waals surface area contributed by atoms with Gasteiger partial charge in [-0.3, -0.25) is 11.3 Å². The van der Waals surface area contributed by atoms with Gasteiger partial charge in [0.1, 0.15) is 0 Å². The van der Waals surface area contributed by atoms with Crippen molar-refractivity contribution in [2.75, 3.05) is 13.2 Å². The molecule has 1 aliphatic carbocycles. The van der Waals surface area contributed by atoms with E-state index in [2.05, 4.69) is 19.3 Å². The maximum absolute atomic E-state index is 5.82. The van der Waals surface area contributed by atoms with E-state index in [4.69, 9.17) is 10.6 Å². The average molecular weight is 240 g/mol. The van der Waals surface area contributed by atoms with Crippen molar-refractivity contribution in [1.29, 1.82) is 0 Å². The van der Waals surface area contributed by atoms with Gasteiger partial charge in [-0.15, -0.1) is 0 Å². The maximum Gasteiger partial charge on any atom is 0.0509 e. The number of hydrogen-bond acceptors (Lipinski definition) is 3. The van der Waals surface area contributed by atoms with Gasteiger partial charge in [-0.05, 0) is 55.8 Å². The smallest absolute Gasteiger partial charge is 0.0509 e. The van der Waals surface area contributed by atoms with Crippen LogP contribution in [-0.2, 0) is 4.74 Å². The third-order valence-corrected chi connectivity index (χ3v) is 4.62. The monoisotopic (exact) mass is 240 g/mol. The van der Waals surface area contributed by atoms with Crippen molar-refractivity contribution < 1.29 is 4.74 Å². The lowest BCUT2D eigenvalue weighted by Crippen LogP contribution is -2.50. The van der Waals surface area contributed by atoms with Crippen molar-refractivity contribution in [2.45, 2.75) is 52.0 Å². The molecule has 1 heterocycles. The molecule has 0 aromatic heterocycles. The molecule has 0 aromatic rings. The highest BCUT2D eigenvalue weighted by Gasteiger charge is 2.34. The second-order valence-electron chi connectivity index (χ2n) is 6.35. The minimum Gasteiger partial charge on any atom is -0.381 e. The number of ether oxygens (including phenoxy) is 1. The molecule has 0 radical (unpaired) electrons. The van der Waals surface area contributed by atoms with Gasteiger partial charge in [0.2, 0.25) is 0 Å². The van der Waals surface area contributed by atoms with Gasteiger partial charge in [-0.25, -0.2) is 0 Å². The van der Waals surface area contributed by atoms with Crippen LogP contribution < -0.4 is 11.3 Å². The summed E-state index contributed by atoms with van der Waals surface area (Å²) in [6.45, 7) is 6.60. The van der Waals surface area contributed by atoms with E-state index in [-0.39, 0.29) is 0 Å². The average Bonchev–Trinajstić information content (AvgIpc) is 2.30. The molecule has 1 saturated carbocycles. The highest BCUT2D eigenvalue weighted by molar-refractivity contribution is 4.87. The predicted octanol–water partition coefficient (Wildman–Crippen LogP) is 2.32. The van der Waals surface area contributed by atoms with E-state index < -0.39 is 0 Å². The molecule has 4 unspecified atom stereocenters. The van der Waals surface area contributed by atoms with Crippen LogP contribution in [-0.4, -0.2) is 19.3 Å². The summed E-state index contributed by atoms with van der Waals surface area (Å²) in [5.74, 6) is 8.88. The Morgan fingerprint density at radius 1 is 1.12 bits per heavy atom. The molecular weight excluding hydrogens is 212 g/mol. The number of hydrazine groups is 1. The van der Waals surface area contributed by atoms with Gasteiger partial charge in [0.25, 0.3) is 0 Å². The summed E-state index contributed by atoms with van der Waals surface area (Å²) in [6, 6.07) is 0.459. The Morgan fingerprint density at radius 2 is 1.82 bits per heavy atom. The molecule has 0 aromatic carbocycles. The number of nitrogens with one attached hydrogen (secondary N) is 1. The van der Waals surface area contributed by atoms with Crippen molar-refractivity contribution in [3.8, 4) is 0 Å². The minimum absolute atomic E-state index is 0.459. The Hall–Kier alpha value is -0.120. The first-order valence-corrected chi connectivity index (χ1v) is 7.24. The summed E-state index contributed by atoms with van der Waals surface area (Å²) in [4.78, 5) is 0. The van der Waals surface area contributed by atoms with E-state index >= 15 is 0 Å². The van der Waals surface area contributed by atoms with Gasteiger partial charge in [0.15, 0.2) is 0 Å². The Balaban J connectivity index is 1.96. The van der Waals surface area contributed by atoms with Crippen LogP contribution in [0, 0.1) is 23.7 Å². The predicted molar refractivity (Wildman–Crippen MR) is 70.3 cm³/mol. The molecule has 2 rings (SSSR count). The Labute approximate surface area is 105 Å². The molecule has 3 heteroatoms. The zero-order valence-corrected chi connectivity index (χ0v) is 11.3. The topological polar surface area (TPSA) is 47.3 Å². The summed E-state index contributed by atoms with van der Waals surface area (Å²) in [5.41, 5.74) is 3.10. The molecule has 3 nitrogen and oxygen atoms in total. The van der Waals surface area contributed by atoms with Crippen molar-refractivity contribution in [2.24, 2.45) is 29.5 Å². The summed E-state index contributed by atoms with van der Waals surface area (Å²) in [5, 5.41) is 0. The highest BCUT2D eigenvalue weighted by atomic mass is 16.5. The fourth-order valence-corrected chi connectivity index (χ4v) is 4.01. The first-order valence-electron chi connectivity index (χ1n) is 7.24. The molecule has 0 spiro atoms. The first kappa shape index (κ1) is 13.3. The van der Waals surface area contributed by atoms with Gasteiger partial charge >= 0.3 is 0 Å². The molecule has 1 aliphatic heterocycles. The van der Waals surface area contributed by atoms with Crippen LogP contribution in [0.5, 0.6) is 0 Å². The standard InChI is InChI=1S/C14H28N2O/c1-10-6-11(2)8-13(7-10)14(16-15)12-4-3-5-17-9-12/h10-14,16H,3-9,15H2,1-2H3. The molecule has 3 N–H and O–H groups in total. The van der Waals surface area contributed by atoms with Crippen LogP contribution in [0.15, 0.2) is 0 Å². The molecule has 1 saturated heterocycles. The number of rotatable bonds is 3. The molecular formula is C14H28N2O. The van der Waals surface area contributed by atoms with Crippen LogP contribution in [0.3, 0.4) is 0 Å². The van der Waals surface area contributed by atoms with Crippen molar-refractivity contribution >= 4 is 0 Å². The first-order chi connectivity index (χ1) is 8.20. The third-order valence-electron chi connectivity index (χ3n) is 4.62. The van der Waals surface area contributed by atoms with Gasteiger partial charge in [0, 0.05) is 12.6 Å². The lowest BCUT2D eigenvalue weighted by atomic mass is 9.70. The Bertz CT molecular complexity index is 218. The van der Waals surface area contributed by atoms with Crippen LogP contribution in [0.25, 0.3) is 0 Å². The summed E-state index contributed by atoms with van der Waals surface area (Å²) in [6.07, 6.45) is 6.51. The van der Waals surface area contributed by atoms with Crippen molar-refractivity contribution in [3.63, 3.8) is 0 Å². The maximum atomic E-state index is 5.82. The van der Waals surface area contributed by atoms with E-state index in [0.29, 0.717) is 12.0 Å². The lowest BCUT2D eigenvalue weighted by molar-refractivity contribution is 0.0183. The molecule has 0 amide bonds. The second kappa shape index (κ2) is 6.17. The van der Waals surface area contributed by atoms with Crippen LogP contribution >= 0.6 is 0 Å². The van der Waals surface area contributed by atoms with E-state index in [9.17, 15) is 0 Å². The fourth-order valence-electron chi connectivity index (χ4n) is 4.01. The van der Waals surface area contributed by atoms with Crippen LogP contribution in [0.1, 0.15) is 46.0 Å². The van der Waals surface area contributed by atoms with Crippen molar-refractivity contribution in [1.82, 2.24) is 5.43 Å². The van der Waals surface area contributed by atoms with Crippen molar-refractivity contribution in [3.05, 3.63) is 0 Å². The Morgan fingerprint density at radius 3 is 2.35 bits per heavy atom. The van der Waals surface area contributed by atoms with Gasteiger partial charge < -0.3 is 4.74 Å². The molecule has 100 valence electrons. The minimum atomic E-state index is 0.459. The van der Waals surface area contributed by atoms with Gasteiger partial charge in [-0.1, -0.05) is 13.8 Å². The number of nitrogens with two attached hydrogens (primary N) is 1. The zero-order chi connectivity index (χ0) is 12.3. The Kier molecular flexibility index (Phi) is 4.83. The summed E-state index contributed by atoms with van der Waals surface area (Å²) in [7, 11) is 0. The highest BCUT2D eigenvalue weighted by Crippen LogP contribution is 2.37. The summed E-state index contributed by atoms with van der Waals surface area (Å²) >= 11 is 0. The molecule has 4 atom stereocenters. The van der Waals surface area contributed by atoms with E-state index in [1.54, 1.807) is 0 Å². The van der Waals surface area contributed by atoms with Gasteiger partial charge in [-0.2, -0.15) is 0 Å². The van der Waals surface area contributed by atoms with Crippen LogP contribution in [0.2, 0.25) is 0 Å². The molecule has 17 heavy (non-hydrogen) atoms. The number of hydrogen-bond donors (Lipinski definition) is 2. The normalized spacial score (nSPS) is 41.1. The van der Waals surface area contributed by atoms with Crippen LogP contribution in [0.4, 0.5) is 0 Å². The fraction of sp³-hybridized carbons (Fsp3) is 1.00. The van der Waals surface area contributed by atoms with E-state index in [1.165, 1.54) is 32.1 Å². The molecule has 2 fully saturated rings. The second-order valence-corrected chi connectivity index (χ2v) is 6.35.